The number of nitrogens with one attached hydrogen (secondary N) is 1. The predicted molar refractivity (Wildman–Crippen MR) is 70.8 cm³/mol. The van der Waals surface area contributed by atoms with Crippen LogP contribution in [0.3, 0.4) is 0 Å². The van der Waals surface area contributed by atoms with Gasteiger partial charge in [-0.05, 0) is 37.0 Å². The standard InChI is InChI=1S/C13H25NO2S/c1-10-6-12(8-13(2,3)7-10)14-11-4-5-17(15,16)9-11/h10-12,14H,4-9H2,1-3H3. The van der Waals surface area contributed by atoms with Gasteiger partial charge < -0.3 is 5.32 Å². The fourth-order valence-corrected chi connectivity index (χ4v) is 5.42. The number of rotatable bonds is 2. The number of sulfone groups is 1. The zero-order chi connectivity index (χ0) is 12.7. The Hall–Kier alpha value is -0.0900. The summed E-state index contributed by atoms with van der Waals surface area (Å²) in [5, 5.41) is 3.58. The summed E-state index contributed by atoms with van der Waals surface area (Å²) >= 11 is 0. The fraction of sp³-hybridized carbons (Fsp3) is 1.00. The van der Waals surface area contributed by atoms with E-state index in [0.29, 0.717) is 23.0 Å². The highest BCUT2D eigenvalue weighted by atomic mass is 32.2. The molecule has 1 heterocycles. The van der Waals surface area contributed by atoms with Gasteiger partial charge in [0.2, 0.25) is 0 Å². The van der Waals surface area contributed by atoms with Crippen LogP contribution >= 0.6 is 0 Å². The molecule has 2 fully saturated rings. The van der Waals surface area contributed by atoms with Crippen LogP contribution in [-0.4, -0.2) is 32.0 Å². The molecule has 0 aromatic carbocycles. The highest BCUT2D eigenvalue weighted by Gasteiger charge is 2.35. The molecule has 100 valence electrons. The highest BCUT2D eigenvalue weighted by molar-refractivity contribution is 7.91. The van der Waals surface area contributed by atoms with Gasteiger partial charge in [-0.3, -0.25) is 0 Å². The molecule has 1 saturated carbocycles. The Morgan fingerprint density at radius 2 is 1.88 bits per heavy atom. The maximum atomic E-state index is 11.4. The molecule has 0 spiro atoms. The van der Waals surface area contributed by atoms with E-state index in [-0.39, 0.29) is 6.04 Å². The van der Waals surface area contributed by atoms with Crippen molar-refractivity contribution in [3.8, 4) is 0 Å². The monoisotopic (exact) mass is 259 g/mol. The molecule has 17 heavy (non-hydrogen) atoms. The van der Waals surface area contributed by atoms with Crippen molar-refractivity contribution in [2.24, 2.45) is 11.3 Å². The second-order valence-electron chi connectivity index (χ2n) is 6.88. The van der Waals surface area contributed by atoms with E-state index in [4.69, 9.17) is 0 Å². The summed E-state index contributed by atoms with van der Waals surface area (Å²) in [6, 6.07) is 0.707. The lowest BCUT2D eigenvalue weighted by Gasteiger charge is -2.40. The quantitative estimate of drug-likeness (QED) is 0.825. The van der Waals surface area contributed by atoms with Crippen molar-refractivity contribution in [3.63, 3.8) is 0 Å². The summed E-state index contributed by atoms with van der Waals surface area (Å²) in [5.41, 5.74) is 0.396. The van der Waals surface area contributed by atoms with E-state index < -0.39 is 9.84 Å². The van der Waals surface area contributed by atoms with Gasteiger partial charge in [0.05, 0.1) is 11.5 Å². The van der Waals surface area contributed by atoms with Crippen molar-refractivity contribution in [3.05, 3.63) is 0 Å². The summed E-state index contributed by atoms with van der Waals surface area (Å²) in [4.78, 5) is 0. The van der Waals surface area contributed by atoms with Gasteiger partial charge in [0.1, 0.15) is 0 Å². The van der Waals surface area contributed by atoms with E-state index in [1.165, 1.54) is 19.3 Å². The van der Waals surface area contributed by atoms with E-state index in [0.717, 1.165) is 12.3 Å². The molecule has 1 saturated heterocycles. The molecule has 1 N–H and O–H groups in total. The first-order valence-electron chi connectivity index (χ1n) is 6.72. The van der Waals surface area contributed by atoms with Crippen LogP contribution in [0.2, 0.25) is 0 Å². The van der Waals surface area contributed by atoms with Crippen LogP contribution in [0.5, 0.6) is 0 Å². The molecule has 0 amide bonds. The molecule has 0 bridgehead atoms. The van der Waals surface area contributed by atoms with Gasteiger partial charge in [-0.25, -0.2) is 8.42 Å². The predicted octanol–water partition coefficient (Wildman–Crippen LogP) is 1.98. The molecular formula is C13H25NO2S. The van der Waals surface area contributed by atoms with Gasteiger partial charge in [0, 0.05) is 12.1 Å². The molecule has 0 aromatic rings. The Morgan fingerprint density at radius 3 is 2.41 bits per heavy atom. The van der Waals surface area contributed by atoms with Crippen molar-refractivity contribution in [1.82, 2.24) is 5.32 Å². The summed E-state index contributed by atoms with van der Waals surface area (Å²) in [7, 11) is -2.75. The van der Waals surface area contributed by atoms with Gasteiger partial charge in [-0.2, -0.15) is 0 Å². The first kappa shape index (κ1) is 13.3. The Labute approximate surface area is 105 Å². The van der Waals surface area contributed by atoms with Crippen molar-refractivity contribution >= 4 is 9.84 Å². The third-order valence-corrected chi connectivity index (χ3v) is 5.86. The van der Waals surface area contributed by atoms with E-state index in [2.05, 4.69) is 26.1 Å². The number of hydrogen-bond acceptors (Lipinski definition) is 3. The second-order valence-corrected chi connectivity index (χ2v) is 9.11. The highest BCUT2D eigenvalue weighted by Crippen LogP contribution is 2.38. The number of hydrogen-bond donors (Lipinski definition) is 1. The molecule has 1 aliphatic carbocycles. The Balaban J connectivity index is 1.91. The fourth-order valence-electron chi connectivity index (χ4n) is 3.73. The maximum absolute atomic E-state index is 11.4. The first-order chi connectivity index (χ1) is 7.76. The van der Waals surface area contributed by atoms with Crippen molar-refractivity contribution in [2.75, 3.05) is 11.5 Å². The molecule has 4 heteroatoms. The van der Waals surface area contributed by atoms with Crippen molar-refractivity contribution < 1.29 is 8.42 Å². The topological polar surface area (TPSA) is 46.2 Å². The van der Waals surface area contributed by atoms with Crippen LogP contribution in [0.25, 0.3) is 0 Å². The summed E-state index contributed by atoms with van der Waals surface area (Å²) in [6.45, 7) is 6.95. The van der Waals surface area contributed by atoms with Gasteiger partial charge in [0.15, 0.2) is 9.84 Å². The van der Waals surface area contributed by atoms with E-state index >= 15 is 0 Å². The van der Waals surface area contributed by atoms with Crippen molar-refractivity contribution in [2.45, 2.75) is 58.5 Å². The Morgan fingerprint density at radius 1 is 1.18 bits per heavy atom. The molecule has 0 radical (unpaired) electrons. The summed E-state index contributed by atoms with van der Waals surface area (Å²) in [6.07, 6.45) is 4.45. The maximum Gasteiger partial charge on any atom is 0.151 e. The van der Waals surface area contributed by atoms with Crippen LogP contribution in [0.4, 0.5) is 0 Å². The van der Waals surface area contributed by atoms with Crippen LogP contribution in [0, 0.1) is 11.3 Å². The van der Waals surface area contributed by atoms with Gasteiger partial charge in [0.25, 0.3) is 0 Å². The Kier molecular flexibility index (Phi) is 3.56. The van der Waals surface area contributed by atoms with E-state index in [1.807, 2.05) is 0 Å². The molecule has 1 aliphatic heterocycles. The zero-order valence-corrected chi connectivity index (χ0v) is 12.0. The second kappa shape index (κ2) is 4.54. The van der Waals surface area contributed by atoms with E-state index in [1.54, 1.807) is 0 Å². The SMILES string of the molecule is CC1CC(NC2CCS(=O)(=O)C2)CC(C)(C)C1. The molecule has 0 aromatic heterocycles. The lowest BCUT2D eigenvalue weighted by atomic mass is 9.70. The molecule has 3 unspecified atom stereocenters. The minimum absolute atomic E-state index is 0.200. The van der Waals surface area contributed by atoms with Crippen molar-refractivity contribution in [1.29, 1.82) is 0 Å². The summed E-state index contributed by atoms with van der Waals surface area (Å²) < 4.78 is 22.9. The minimum Gasteiger partial charge on any atom is -0.310 e. The van der Waals surface area contributed by atoms with Crippen LogP contribution < -0.4 is 5.32 Å². The first-order valence-corrected chi connectivity index (χ1v) is 8.54. The largest absolute Gasteiger partial charge is 0.310 e. The third kappa shape index (κ3) is 3.68. The lowest BCUT2D eigenvalue weighted by Crippen LogP contribution is -2.45. The van der Waals surface area contributed by atoms with Crippen LogP contribution in [0.1, 0.15) is 46.5 Å². The molecule has 2 rings (SSSR count). The van der Waals surface area contributed by atoms with E-state index in [9.17, 15) is 8.42 Å². The molecule has 2 aliphatic rings. The normalized spacial score (nSPS) is 40.3. The average Bonchev–Trinajstić information content (AvgIpc) is 2.41. The average molecular weight is 259 g/mol. The molecular weight excluding hydrogens is 234 g/mol. The van der Waals surface area contributed by atoms with Gasteiger partial charge in [-0.1, -0.05) is 20.8 Å². The molecule has 3 atom stereocenters. The van der Waals surface area contributed by atoms with Gasteiger partial charge >= 0.3 is 0 Å². The smallest absolute Gasteiger partial charge is 0.151 e. The minimum atomic E-state index is -2.75. The third-order valence-electron chi connectivity index (χ3n) is 4.09. The van der Waals surface area contributed by atoms with Crippen LogP contribution in [-0.2, 0) is 9.84 Å². The zero-order valence-electron chi connectivity index (χ0n) is 11.2. The lowest BCUT2D eigenvalue weighted by molar-refractivity contribution is 0.146. The van der Waals surface area contributed by atoms with Gasteiger partial charge in [-0.15, -0.1) is 0 Å². The van der Waals surface area contributed by atoms with Crippen LogP contribution in [0.15, 0.2) is 0 Å². The molecule has 3 nitrogen and oxygen atoms in total. The Bertz CT molecular complexity index is 375. The summed E-state index contributed by atoms with van der Waals surface area (Å²) in [5.74, 6) is 1.46.